The summed E-state index contributed by atoms with van der Waals surface area (Å²) in [6.07, 6.45) is 1.64. The van der Waals surface area contributed by atoms with Crippen LogP contribution in [0.2, 0.25) is 0 Å². The van der Waals surface area contributed by atoms with Gasteiger partial charge in [-0.3, -0.25) is 4.79 Å². The lowest BCUT2D eigenvalue weighted by molar-refractivity contribution is 0.100. The fourth-order valence-electron chi connectivity index (χ4n) is 2.05. The summed E-state index contributed by atoms with van der Waals surface area (Å²) in [5.41, 5.74) is 13.2. The number of nitrogens with two attached hydrogens (primary N) is 2. The largest absolute Gasteiger partial charge is 0.462 e. The molecule has 3 aromatic rings. The Labute approximate surface area is 118 Å². The number of anilines is 1. The molecule has 102 valence electrons. The van der Waals surface area contributed by atoms with E-state index in [4.69, 9.17) is 15.9 Å². The van der Waals surface area contributed by atoms with Crippen molar-refractivity contribution >= 4 is 33.1 Å². The van der Waals surface area contributed by atoms with Gasteiger partial charge in [0.25, 0.3) is 5.91 Å². The van der Waals surface area contributed by atoms with Gasteiger partial charge in [0, 0.05) is 0 Å². The first-order valence-corrected chi connectivity index (χ1v) is 6.71. The molecule has 0 radical (unpaired) electrons. The molecule has 0 aliphatic heterocycles. The molecule has 0 aliphatic rings. The maximum atomic E-state index is 11.4. The van der Waals surface area contributed by atoms with Gasteiger partial charge in [0.2, 0.25) is 0 Å². The summed E-state index contributed by atoms with van der Waals surface area (Å²) < 4.78 is 5.48. The maximum Gasteiger partial charge on any atom is 0.260 e. The van der Waals surface area contributed by atoms with Crippen LogP contribution in [0.25, 0.3) is 21.7 Å². The van der Waals surface area contributed by atoms with E-state index in [-0.39, 0.29) is 0 Å². The molecule has 0 unspecified atom stereocenters. The Bertz CT molecular complexity index is 834. The minimum atomic E-state index is -0.565. The first-order valence-electron chi connectivity index (χ1n) is 5.89. The third-order valence-corrected chi connectivity index (χ3v) is 4.00. The number of fused-ring (bicyclic) bond motifs is 1. The lowest BCUT2D eigenvalue weighted by atomic mass is 10.2. The van der Waals surface area contributed by atoms with Gasteiger partial charge < -0.3 is 15.9 Å². The van der Waals surface area contributed by atoms with Gasteiger partial charge in [0.15, 0.2) is 5.76 Å². The van der Waals surface area contributed by atoms with Gasteiger partial charge >= 0.3 is 0 Å². The first-order chi connectivity index (χ1) is 9.47. The number of carbonyl (C=O) groups excluding carboxylic acids is 1. The summed E-state index contributed by atoms with van der Waals surface area (Å²) in [7, 11) is 0. The number of carbonyl (C=O) groups is 1. The normalized spacial score (nSPS) is 11.1. The van der Waals surface area contributed by atoms with Crippen LogP contribution in [0.5, 0.6) is 0 Å². The molecule has 3 heterocycles. The number of nitrogen functional groups attached to an aromatic ring is 1. The fraction of sp³-hybridized carbons (Fsp3) is 0.154. The van der Waals surface area contributed by atoms with E-state index in [0.29, 0.717) is 38.1 Å². The van der Waals surface area contributed by atoms with E-state index >= 15 is 0 Å². The summed E-state index contributed by atoms with van der Waals surface area (Å²) in [6, 6.07) is 1.86. The minimum absolute atomic E-state index is 0.296. The predicted octanol–water partition coefficient (Wildman–Crippen LogP) is 2.25. The van der Waals surface area contributed by atoms with Gasteiger partial charge in [-0.2, -0.15) is 0 Å². The first kappa shape index (κ1) is 12.6. The minimum Gasteiger partial charge on any atom is -0.462 e. The van der Waals surface area contributed by atoms with Crippen LogP contribution < -0.4 is 11.5 Å². The van der Waals surface area contributed by atoms with Crippen LogP contribution >= 0.6 is 11.3 Å². The topological polar surface area (TPSA) is 108 Å². The van der Waals surface area contributed by atoms with Crippen LogP contribution in [-0.2, 0) is 0 Å². The van der Waals surface area contributed by atoms with Crippen molar-refractivity contribution in [3.63, 3.8) is 0 Å². The van der Waals surface area contributed by atoms with Crippen molar-refractivity contribution in [1.82, 2.24) is 9.97 Å². The highest BCUT2D eigenvalue weighted by molar-refractivity contribution is 7.21. The van der Waals surface area contributed by atoms with Crippen molar-refractivity contribution in [1.29, 1.82) is 0 Å². The molecule has 0 bridgehead atoms. The van der Waals surface area contributed by atoms with Gasteiger partial charge in [-0.1, -0.05) is 0 Å². The Balaban J connectivity index is 2.39. The molecule has 1 amide bonds. The second-order valence-corrected chi connectivity index (χ2v) is 5.50. The predicted molar refractivity (Wildman–Crippen MR) is 77.5 cm³/mol. The van der Waals surface area contributed by atoms with Crippen molar-refractivity contribution in [3.05, 3.63) is 28.6 Å². The lowest BCUT2D eigenvalue weighted by Crippen LogP contribution is -2.10. The van der Waals surface area contributed by atoms with Crippen LogP contribution in [0.4, 0.5) is 5.69 Å². The van der Waals surface area contributed by atoms with Gasteiger partial charge in [-0.15, -0.1) is 11.3 Å². The van der Waals surface area contributed by atoms with Crippen molar-refractivity contribution < 1.29 is 9.21 Å². The number of hydrogen-bond donors (Lipinski definition) is 2. The highest BCUT2D eigenvalue weighted by Gasteiger charge is 2.21. The molecule has 20 heavy (non-hydrogen) atoms. The average molecular weight is 288 g/mol. The zero-order valence-electron chi connectivity index (χ0n) is 10.9. The monoisotopic (exact) mass is 288 g/mol. The number of aryl methyl sites for hydroxylation is 2. The van der Waals surface area contributed by atoms with E-state index in [2.05, 4.69) is 9.97 Å². The summed E-state index contributed by atoms with van der Waals surface area (Å²) in [6.45, 7) is 3.70. The van der Waals surface area contributed by atoms with Gasteiger partial charge in [-0.05, 0) is 25.5 Å². The Morgan fingerprint density at radius 3 is 2.70 bits per heavy atom. The maximum absolute atomic E-state index is 11.4. The Hall–Kier alpha value is -2.41. The number of primary amides is 1. The second kappa shape index (κ2) is 4.31. The van der Waals surface area contributed by atoms with Gasteiger partial charge in [0.05, 0.1) is 17.3 Å². The number of amides is 1. The molecule has 0 fully saturated rings. The molecular formula is C13H12N4O2S. The Morgan fingerprint density at radius 2 is 2.10 bits per heavy atom. The highest BCUT2D eigenvalue weighted by Crippen LogP contribution is 2.38. The molecule has 0 saturated heterocycles. The number of aromatic nitrogens is 2. The Kier molecular flexibility index (Phi) is 2.72. The van der Waals surface area contributed by atoms with Crippen molar-refractivity contribution in [3.8, 4) is 11.5 Å². The summed E-state index contributed by atoms with van der Waals surface area (Å²) >= 11 is 1.17. The SMILES string of the molecule is Cc1coc(-c2nc(C)nc3sc(C(N)=O)c(N)c23)c1. The quantitative estimate of drug-likeness (QED) is 0.751. The molecule has 6 nitrogen and oxygen atoms in total. The van der Waals surface area contributed by atoms with Gasteiger partial charge in [-0.25, -0.2) is 9.97 Å². The van der Waals surface area contributed by atoms with Crippen LogP contribution in [-0.4, -0.2) is 15.9 Å². The van der Waals surface area contributed by atoms with Crippen molar-refractivity contribution in [2.24, 2.45) is 5.73 Å². The van der Waals surface area contributed by atoms with Gasteiger partial charge in [0.1, 0.15) is 21.2 Å². The van der Waals surface area contributed by atoms with E-state index in [1.54, 1.807) is 13.2 Å². The van der Waals surface area contributed by atoms with Crippen molar-refractivity contribution in [2.45, 2.75) is 13.8 Å². The molecule has 7 heteroatoms. The molecule has 3 aromatic heterocycles. The smallest absolute Gasteiger partial charge is 0.260 e. The molecule has 3 rings (SSSR count). The fourth-order valence-corrected chi connectivity index (χ4v) is 3.04. The highest BCUT2D eigenvalue weighted by atomic mass is 32.1. The zero-order valence-corrected chi connectivity index (χ0v) is 11.7. The average Bonchev–Trinajstić information content (AvgIpc) is 2.93. The standard InChI is InChI=1S/C13H12N4O2S/c1-5-3-7(19-4-5)10-8-9(14)11(12(15)18)20-13(8)17-6(2)16-10/h3-4H,14H2,1-2H3,(H2,15,18). The third kappa shape index (κ3) is 1.83. The Morgan fingerprint density at radius 1 is 1.35 bits per heavy atom. The van der Waals surface area contributed by atoms with E-state index < -0.39 is 5.91 Å². The second-order valence-electron chi connectivity index (χ2n) is 4.50. The van der Waals surface area contributed by atoms with E-state index in [1.165, 1.54) is 11.3 Å². The number of nitrogens with zero attached hydrogens (tertiary/aromatic N) is 2. The molecule has 0 atom stereocenters. The van der Waals surface area contributed by atoms with E-state index in [1.807, 2.05) is 13.0 Å². The van der Waals surface area contributed by atoms with Crippen LogP contribution in [0, 0.1) is 13.8 Å². The molecule has 0 aliphatic carbocycles. The molecular weight excluding hydrogens is 276 g/mol. The number of hydrogen-bond acceptors (Lipinski definition) is 6. The number of furan rings is 1. The summed E-state index contributed by atoms with van der Waals surface area (Å²) in [4.78, 5) is 21.0. The summed E-state index contributed by atoms with van der Waals surface area (Å²) in [5.74, 6) is 0.613. The zero-order chi connectivity index (χ0) is 14.4. The number of rotatable bonds is 2. The molecule has 0 aromatic carbocycles. The van der Waals surface area contributed by atoms with Crippen molar-refractivity contribution in [2.75, 3.05) is 5.73 Å². The third-order valence-electron chi connectivity index (χ3n) is 2.89. The molecule has 4 N–H and O–H groups in total. The summed E-state index contributed by atoms with van der Waals surface area (Å²) in [5, 5.41) is 0.615. The van der Waals surface area contributed by atoms with E-state index in [9.17, 15) is 4.79 Å². The number of thiophene rings is 1. The van der Waals surface area contributed by atoms with Crippen LogP contribution in [0.15, 0.2) is 16.7 Å². The van der Waals surface area contributed by atoms with Crippen LogP contribution in [0.3, 0.4) is 0 Å². The molecule has 0 saturated carbocycles. The molecule has 0 spiro atoms. The van der Waals surface area contributed by atoms with E-state index in [0.717, 1.165) is 5.56 Å². The lowest BCUT2D eigenvalue weighted by Gasteiger charge is -2.01. The van der Waals surface area contributed by atoms with Crippen LogP contribution in [0.1, 0.15) is 21.1 Å².